The minimum Gasteiger partial charge on any atom is -0.504 e. The van der Waals surface area contributed by atoms with E-state index in [1.54, 1.807) is 13.0 Å². The zero-order valence-corrected chi connectivity index (χ0v) is 15.2. The van der Waals surface area contributed by atoms with Gasteiger partial charge in [-0.15, -0.1) is 0 Å². The Hall–Kier alpha value is -1.80. The number of rotatable bonds is 8. The second-order valence-corrected chi connectivity index (χ2v) is 7.64. The maximum atomic E-state index is 11.8. The number of carbonyl (C=O) groups excluding carboxylic acids is 1. The van der Waals surface area contributed by atoms with Gasteiger partial charge in [0.25, 0.3) is 0 Å². The van der Waals surface area contributed by atoms with Gasteiger partial charge in [0.05, 0.1) is 13.2 Å². The summed E-state index contributed by atoms with van der Waals surface area (Å²) in [7, 11) is -4.30. The largest absolute Gasteiger partial charge is 0.504 e. The third-order valence-electron chi connectivity index (χ3n) is 2.78. The molecule has 7 nitrogen and oxygen atoms in total. The maximum Gasteiger partial charge on any atom is 0.449 e. The van der Waals surface area contributed by atoms with Crippen LogP contribution in [0.25, 0.3) is 0 Å². The Morgan fingerprint density at radius 1 is 1.25 bits per heavy atom. The van der Waals surface area contributed by atoms with Crippen molar-refractivity contribution in [2.24, 2.45) is 5.41 Å². The monoisotopic (exact) mass is 360 g/mol. The first kappa shape index (κ1) is 20.2. The molecule has 0 aliphatic carbocycles. The van der Waals surface area contributed by atoms with Crippen molar-refractivity contribution in [2.75, 3.05) is 13.2 Å². The highest BCUT2D eigenvalue weighted by Crippen LogP contribution is 2.29. The van der Waals surface area contributed by atoms with E-state index in [1.165, 1.54) is 12.1 Å². The lowest BCUT2D eigenvalue weighted by Gasteiger charge is -2.17. The molecule has 0 heterocycles. The number of hydrogen-bond acceptors (Lipinski definition) is 7. The van der Waals surface area contributed by atoms with Crippen LogP contribution in [0.2, 0.25) is 0 Å². The molecule has 0 aliphatic rings. The second kappa shape index (κ2) is 8.34. The fraction of sp³-hybridized carbons (Fsp3) is 0.562. The predicted molar refractivity (Wildman–Crippen MR) is 88.0 cm³/mol. The van der Waals surface area contributed by atoms with Gasteiger partial charge >= 0.3 is 16.4 Å². The number of aromatic hydroxyl groups is 1. The molecular formula is C16H24O7S. The van der Waals surface area contributed by atoms with Crippen LogP contribution in [0.1, 0.15) is 39.7 Å². The first-order chi connectivity index (χ1) is 11.0. The molecule has 0 radical (unpaired) electrons. The van der Waals surface area contributed by atoms with Crippen LogP contribution in [-0.4, -0.2) is 32.7 Å². The number of aryl methyl sites for hydroxylation is 1. The van der Waals surface area contributed by atoms with E-state index in [1.807, 2.05) is 20.8 Å². The summed E-state index contributed by atoms with van der Waals surface area (Å²) in [6, 6.07) is 4.23. The van der Waals surface area contributed by atoms with Gasteiger partial charge in [-0.25, -0.2) is 4.18 Å². The number of benzene rings is 1. The average molecular weight is 360 g/mol. The Morgan fingerprint density at radius 3 is 2.50 bits per heavy atom. The minimum atomic E-state index is -4.30. The standard InChI is InChI=1S/C16H24O7S/c1-5-21-15(18)9-7-12-6-8-13(17)14(10-12)23-24(19,20)22-11-16(2,3)4/h6,8,10,17H,5,7,9,11H2,1-4H3. The molecule has 0 fully saturated rings. The number of phenols is 1. The van der Waals surface area contributed by atoms with E-state index in [9.17, 15) is 18.3 Å². The number of esters is 1. The van der Waals surface area contributed by atoms with Crippen LogP contribution >= 0.6 is 0 Å². The Balaban J connectivity index is 2.77. The normalized spacial score (nSPS) is 12.0. The van der Waals surface area contributed by atoms with Crippen LogP contribution in [0.4, 0.5) is 0 Å². The van der Waals surface area contributed by atoms with Gasteiger partial charge in [-0.1, -0.05) is 26.8 Å². The van der Waals surface area contributed by atoms with Crippen molar-refractivity contribution in [3.8, 4) is 11.5 Å². The highest BCUT2D eigenvalue weighted by Gasteiger charge is 2.21. The van der Waals surface area contributed by atoms with E-state index in [0.29, 0.717) is 18.6 Å². The molecule has 0 saturated heterocycles. The van der Waals surface area contributed by atoms with Crippen molar-refractivity contribution in [2.45, 2.75) is 40.5 Å². The molecule has 0 bridgehead atoms. The van der Waals surface area contributed by atoms with Crippen molar-refractivity contribution in [3.05, 3.63) is 23.8 Å². The molecule has 8 heteroatoms. The van der Waals surface area contributed by atoms with Gasteiger partial charge in [-0.2, -0.15) is 8.42 Å². The molecule has 0 spiro atoms. The number of carbonyl (C=O) groups is 1. The summed E-state index contributed by atoms with van der Waals surface area (Å²) in [5.41, 5.74) is 0.266. The van der Waals surface area contributed by atoms with Gasteiger partial charge in [0, 0.05) is 6.42 Å². The molecule has 0 aliphatic heterocycles. The highest BCUT2D eigenvalue weighted by atomic mass is 32.3. The van der Waals surface area contributed by atoms with Crippen molar-refractivity contribution in [1.29, 1.82) is 0 Å². The molecule has 1 aromatic carbocycles. The maximum absolute atomic E-state index is 11.8. The van der Waals surface area contributed by atoms with Gasteiger partial charge in [-0.3, -0.25) is 4.79 Å². The quantitative estimate of drug-likeness (QED) is 0.711. The molecule has 1 aromatic rings. The highest BCUT2D eigenvalue weighted by molar-refractivity contribution is 7.82. The van der Waals surface area contributed by atoms with Crippen LogP contribution < -0.4 is 4.18 Å². The molecular weight excluding hydrogens is 336 g/mol. The Kier molecular flexibility index (Phi) is 7.04. The van der Waals surface area contributed by atoms with Crippen molar-refractivity contribution < 1.29 is 31.4 Å². The third kappa shape index (κ3) is 7.65. The van der Waals surface area contributed by atoms with Crippen LogP contribution in [0, 0.1) is 5.41 Å². The van der Waals surface area contributed by atoms with Gasteiger partial charge < -0.3 is 14.0 Å². The molecule has 24 heavy (non-hydrogen) atoms. The summed E-state index contributed by atoms with van der Waals surface area (Å²) in [6.07, 6.45) is 0.476. The summed E-state index contributed by atoms with van der Waals surface area (Å²) in [4.78, 5) is 11.4. The Bertz CT molecular complexity index is 659. The first-order valence-electron chi connectivity index (χ1n) is 7.59. The molecule has 136 valence electrons. The van der Waals surface area contributed by atoms with Crippen molar-refractivity contribution in [3.63, 3.8) is 0 Å². The molecule has 0 amide bonds. The van der Waals surface area contributed by atoms with E-state index in [0.717, 1.165) is 0 Å². The molecule has 1 rings (SSSR count). The van der Waals surface area contributed by atoms with Gasteiger partial charge in [-0.05, 0) is 36.5 Å². The van der Waals surface area contributed by atoms with Crippen LogP contribution in [0.3, 0.4) is 0 Å². The fourth-order valence-corrected chi connectivity index (χ4v) is 2.54. The second-order valence-electron chi connectivity index (χ2n) is 6.42. The number of hydrogen-bond donors (Lipinski definition) is 1. The fourth-order valence-electron chi connectivity index (χ4n) is 1.64. The van der Waals surface area contributed by atoms with Crippen LogP contribution in [0.5, 0.6) is 11.5 Å². The molecule has 0 aromatic heterocycles. The third-order valence-corrected chi connectivity index (χ3v) is 3.57. The zero-order chi connectivity index (χ0) is 18.4. The summed E-state index contributed by atoms with van der Waals surface area (Å²) in [6.45, 7) is 7.40. The van der Waals surface area contributed by atoms with E-state index in [4.69, 9.17) is 13.1 Å². The smallest absolute Gasteiger partial charge is 0.449 e. The average Bonchev–Trinajstić information content (AvgIpc) is 2.46. The summed E-state index contributed by atoms with van der Waals surface area (Å²) in [5.74, 6) is -0.933. The number of ether oxygens (including phenoxy) is 1. The zero-order valence-electron chi connectivity index (χ0n) is 14.4. The van der Waals surface area contributed by atoms with E-state index in [-0.39, 0.29) is 35.9 Å². The first-order valence-corrected chi connectivity index (χ1v) is 8.92. The van der Waals surface area contributed by atoms with Gasteiger partial charge in [0.2, 0.25) is 0 Å². The molecule has 0 unspecified atom stereocenters. The lowest BCUT2D eigenvalue weighted by atomic mass is 9.99. The molecule has 0 saturated carbocycles. The molecule has 1 N–H and O–H groups in total. The lowest BCUT2D eigenvalue weighted by molar-refractivity contribution is -0.143. The lowest BCUT2D eigenvalue weighted by Crippen LogP contribution is -2.21. The summed E-state index contributed by atoms with van der Waals surface area (Å²) in [5, 5.41) is 9.75. The van der Waals surface area contributed by atoms with Crippen LogP contribution in [-0.2, 0) is 30.5 Å². The Labute approximate surface area is 142 Å². The Morgan fingerprint density at radius 2 is 1.92 bits per heavy atom. The minimum absolute atomic E-state index is 0.0569. The van der Waals surface area contributed by atoms with Crippen molar-refractivity contribution in [1.82, 2.24) is 0 Å². The van der Waals surface area contributed by atoms with Crippen LogP contribution in [0.15, 0.2) is 18.2 Å². The predicted octanol–water partition coefficient (Wildman–Crippen LogP) is 2.57. The van der Waals surface area contributed by atoms with E-state index < -0.39 is 10.4 Å². The summed E-state index contributed by atoms with van der Waals surface area (Å²) >= 11 is 0. The topological polar surface area (TPSA) is 99.1 Å². The SMILES string of the molecule is CCOC(=O)CCc1ccc(O)c(OS(=O)(=O)OCC(C)(C)C)c1. The van der Waals surface area contributed by atoms with Crippen molar-refractivity contribution >= 4 is 16.4 Å². The molecule has 0 atom stereocenters. The van der Waals surface area contributed by atoms with E-state index >= 15 is 0 Å². The number of phenolic OH excluding ortho intramolecular Hbond substituents is 1. The van der Waals surface area contributed by atoms with Gasteiger partial charge in [0.15, 0.2) is 11.5 Å². The summed E-state index contributed by atoms with van der Waals surface area (Å²) < 4.78 is 38.1. The van der Waals surface area contributed by atoms with Gasteiger partial charge in [0.1, 0.15) is 0 Å². The van der Waals surface area contributed by atoms with E-state index in [2.05, 4.69) is 0 Å².